The Hall–Kier alpha value is -5.94. The van der Waals surface area contributed by atoms with Gasteiger partial charge in [0.1, 0.15) is 24.8 Å². The molecule has 52 heavy (non-hydrogen) atoms. The quantitative estimate of drug-likeness (QED) is 0.119. The van der Waals surface area contributed by atoms with Gasteiger partial charge in [-0.1, -0.05) is 74.1 Å². The van der Waals surface area contributed by atoms with Crippen LogP contribution in [0.1, 0.15) is 43.9 Å². The molecular formula is C41H39N7O3S. The fraction of sp³-hybridized carbons (Fsp3) is 0.195. The Bertz CT molecular complexity index is 2200. The molecule has 4 aromatic carbocycles. The van der Waals surface area contributed by atoms with E-state index in [0.717, 1.165) is 49.7 Å². The van der Waals surface area contributed by atoms with Gasteiger partial charge in [0.2, 0.25) is 5.91 Å². The number of benzene rings is 4. The summed E-state index contributed by atoms with van der Waals surface area (Å²) >= 11 is 1.62. The predicted molar refractivity (Wildman–Crippen MR) is 207 cm³/mol. The Morgan fingerprint density at radius 3 is 2.46 bits per heavy atom. The van der Waals surface area contributed by atoms with Gasteiger partial charge in [-0.3, -0.25) is 9.69 Å². The van der Waals surface area contributed by atoms with Crippen molar-refractivity contribution in [3.63, 3.8) is 0 Å². The second-order valence-electron chi connectivity index (χ2n) is 12.9. The van der Waals surface area contributed by atoms with Gasteiger partial charge in [0.15, 0.2) is 5.65 Å². The second kappa shape index (κ2) is 15.5. The van der Waals surface area contributed by atoms with Gasteiger partial charge < -0.3 is 21.1 Å². The SMILES string of the molecule is CC(C)c1ccc2c(Nc3cc(-c4ccc(NC(=O)C5CCCN5C(=O)OCc5ccccc5)cc4)ccc3Sc3ccc(N)cc3)ncnc2n1. The van der Waals surface area contributed by atoms with Gasteiger partial charge >= 0.3 is 6.09 Å². The molecule has 2 aromatic heterocycles. The highest BCUT2D eigenvalue weighted by atomic mass is 32.2. The summed E-state index contributed by atoms with van der Waals surface area (Å²) in [5.74, 6) is 0.707. The first-order chi connectivity index (χ1) is 25.3. The van der Waals surface area contributed by atoms with E-state index < -0.39 is 12.1 Å². The minimum Gasteiger partial charge on any atom is -0.445 e. The number of amides is 2. The number of nitrogens with two attached hydrogens (primary N) is 1. The van der Waals surface area contributed by atoms with Crippen LogP contribution in [-0.2, 0) is 16.1 Å². The third kappa shape index (κ3) is 8.00. The number of hydrogen-bond acceptors (Lipinski definition) is 9. The molecule has 262 valence electrons. The molecule has 0 radical (unpaired) electrons. The number of nitrogens with zero attached hydrogens (tertiary/aromatic N) is 4. The van der Waals surface area contributed by atoms with Crippen LogP contribution in [0.25, 0.3) is 22.2 Å². The number of aromatic nitrogens is 3. The maximum Gasteiger partial charge on any atom is 0.410 e. The number of carbonyl (C=O) groups is 2. The number of fused-ring (bicyclic) bond motifs is 1. The Labute approximate surface area is 306 Å². The highest BCUT2D eigenvalue weighted by Gasteiger charge is 2.35. The molecule has 4 N–H and O–H groups in total. The number of anilines is 4. The largest absolute Gasteiger partial charge is 0.445 e. The standard InChI is InChI=1S/C41H39N7O3S/c1-26(2)34-20-19-33-38(46-34)43-25-44-39(33)47-35-23-29(12-21-37(35)52-32-17-13-30(42)14-18-32)28-10-15-31(16-11-28)45-40(49)36-9-6-22-48(36)41(50)51-24-27-7-4-3-5-8-27/h3-5,7-8,10-21,23,25-26,36H,6,9,22,24,42H2,1-2H3,(H,45,49)(H,43,44,46,47). The number of rotatable bonds is 10. The second-order valence-corrected chi connectivity index (χ2v) is 14.1. The molecule has 0 spiro atoms. The lowest BCUT2D eigenvalue weighted by atomic mass is 10.0. The van der Waals surface area contributed by atoms with Crippen molar-refractivity contribution in [1.82, 2.24) is 19.9 Å². The fourth-order valence-electron chi connectivity index (χ4n) is 6.10. The van der Waals surface area contributed by atoms with Crippen molar-refractivity contribution in [2.75, 3.05) is 22.9 Å². The summed E-state index contributed by atoms with van der Waals surface area (Å²) in [6.07, 6.45) is 2.37. The van der Waals surface area contributed by atoms with Gasteiger partial charge in [0.25, 0.3) is 0 Å². The topological polar surface area (TPSA) is 135 Å². The third-order valence-corrected chi connectivity index (χ3v) is 10.0. The third-order valence-electron chi connectivity index (χ3n) is 8.93. The molecule has 1 aliphatic rings. The van der Waals surface area contributed by atoms with Crippen molar-refractivity contribution in [3.8, 4) is 11.1 Å². The van der Waals surface area contributed by atoms with E-state index in [-0.39, 0.29) is 18.4 Å². The lowest BCUT2D eigenvalue weighted by molar-refractivity contribution is -0.120. The molecule has 7 rings (SSSR count). The van der Waals surface area contributed by atoms with Crippen LogP contribution < -0.4 is 16.4 Å². The summed E-state index contributed by atoms with van der Waals surface area (Å²) in [6, 6.07) is 34.7. The van der Waals surface area contributed by atoms with Crippen LogP contribution in [0.2, 0.25) is 0 Å². The lowest BCUT2D eigenvalue weighted by Gasteiger charge is -2.23. The number of nitrogens with one attached hydrogen (secondary N) is 2. The number of carbonyl (C=O) groups excluding carboxylic acids is 2. The molecule has 1 atom stereocenters. The first kappa shape index (κ1) is 34.5. The summed E-state index contributed by atoms with van der Waals surface area (Å²) in [5.41, 5.74) is 12.6. The molecule has 1 saturated heterocycles. The van der Waals surface area contributed by atoms with Crippen LogP contribution in [0.5, 0.6) is 0 Å². The van der Waals surface area contributed by atoms with E-state index in [1.165, 1.54) is 11.2 Å². The zero-order valence-corrected chi connectivity index (χ0v) is 29.8. The molecule has 0 aliphatic carbocycles. The molecule has 0 saturated carbocycles. The molecule has 10 nitrogen and oxygen atoms in total. The Morgan fingerprint density at radius 1 is 0.923 bits per heavy atom. The maximum absolute atomic E-state index is 13.3. The maximum atomic E-state index is 13.3. The normalized spacial score (nSPS) is 14.1. The lowest BCUT2D eigenvalue weighted by Crippen LogP contribution is -2.43. The monoisotopic (exact) mass is 709 g/mol. The molecule has 0 bridgehead atoms. The summed E-state index contributed by atoms with van der Waals surface area (Å²) in [5, 5.41) is 7.40. The van der Waals surface area contributed by atoms with Gasteiger partial charge in [-0.05, 0) is 96.1 Å². The Kier molecular flexibility index (Phi) is 10.3. The molecule has 6 aromatic rings. The van der Waals surface area contributed by atoms with E-state index in [4.69, 9.17) is 15.5 Å². The first-order valence-electron chi connectivity index (χ1n) is 17.3. The zero-order chi connectivity index (χ0) is 36.0. The van der Waals surface area contributed by atoms with Crippen molar-refractivity contribution >= 4 is 57.7 Å². The zero-order valence-electron chi connectivity index (χ0n) is 29.0. The van der Waals surface area contributed by atoms with Gasteiger partial charge in [-0.25, -0.2) is 19.7 Å². The van der Waals surface area contributed by atoms with Crippen LogP contribution in [0.15, 0.2) is 125 Å². The van der Waals surface area contributed by atoms with Gasteiger partial charge in [-0.15, -0.1) is 0 Å². The number of ether oxygens (including phenoxy) is 1. The minimum absolute atomic E-state index is 0.163. The van der Waals surface area contributed by atoms with Gasteiger partial charge in [0.05, 0.1) is 11.1 Å². The molecule has 3 heterocycles. The number of likely N-dealkylation sites (tertiary alicyclic amines) is 1. The molecule has 1 fully saturated rings. The Balaban J connectivity index is 1.09. The summed E-state index contributed by atoms with van der Waals surface area (Å²) in [6.45, 7) is 4.86. The van der Waals surface area contributed by atoms with Crippen molar-refractivity contribution in [3.05, 3.63) is 127 Å². The highest BCUT2D eigenvalue weighted by molar-refractivity contribution is 7.99. The first-order valence-corrected chi connectivity index (χ1v) is 18.1. The summed E-state index contributed by atoms with van der Waals surface area (Å²) in [4.78, 5) is 43.6. The summed E-state index contributed by atoms with van der Waals surface area (Å²) in [7, 11) is 0. The van der Waals surface area contributed by atoms with Gasteiger partial charge in [-0.2, -0.15) is 0 Å². The fourth-order valence-corrected chi connectivity index (χ4v) is 6.98. The van der Waals surface area contributed by atoms with Crippen LogP contribution in [-0.4, -0.2) is 44.4 Å². The summed E-state index contributed by atoms with van der Waals surface area (Å²) < 4.78 is 5.52. The smallest absolute Gasteiger partial charge is 0.410 e. The van der Waals surface area contributed by atoms with Crippen LogP contribution in [0.3, 0.4) is 0 Å². The molecule has 1 unspecified atom stereocenters. The number of pyridine rings is 1. The van der Waals surface area contributed by atoms with E-state index >= 15 is 0 Å². The van der Waals surface area contributed by atoms with E-state index in [9.17, 15) is 9.59 Å². The Morgan fingerprint density at radius 2 is 1.69 bits per heavy atom. The van der Waals surface area contributed by atoms with E-state index in [1.54, 1.807) is 11.8 Å². The van der Waals surface area contributed by atoms with Crippen molar-refractivity contribution in [2.24, 2.45) is 0 Å². The number of nitrogen functional groups attached to an aromatic ring is 1. The van der Waals surface area contributed by atoms with Crippen molar-refractivity contribution in [1.29, 1.82) is 0 Å². The molecule has 2 amide bonds. The van der Waals surface area contributed by atoms with Crippen LogP contribution in [0, 0.1) is 0 Å². The highest BCUT2D eigenvalue weighted by Crippen LogP contribution is 2.39. The van der Waals surface area contributed by atoms with Crippen LogP contribution in [0.4, 0.5) is 27.7 Å². The predicted octanol–water partition coefficient (Wildman–Crippen LogP) is 9.03. The molecule has 11 heteroatoms. The van der Waals surface area contributed by atoms with E-state index in [0.29, 0.717) is 35.8 Å². The van der Waals surface area contributed by atoms with Gasteiger partial charge in [0, 0.05) is 33.4 Å². The number of hydrogen-bond donors (Lipinski definition) is 3. The van der Waals surface area contributed by atoms with Crippen molar-refractivity contribution in [2.45, 2.75) is 55.0 Å². The van der Waals surface area contributed by atoms with E-state index in [2.05, 4.69) is 52.6 Å². The average Bonchev–Trinajstić information content (AvgIpc) is 3.67. The van der Waals surface area contributed by atoms with Crippen LogP contribution >= 0.6 is 11.8 Å². The molecular weight excluding hydrogens is 671 g/mol. The minimum atomic E-state index is -0.590. The van der Waals surface area contributed by atoms with Crippen molar-refractivity contribution < 1.29 is 14.3 Å². The molecule has 1 aliphatic heterocycles. The average molecular weight is 710 g/mol. The van der Waals surface area contributed by atoms with E-state index in [1.807, 2.05) is 91.0 Å².